The van der Waals surface area contributed by atoms with E-state index in [1.807, 2.05) is 54.5 Å². The molecule has 4 N–H and O–H groups in total. The molecule has 0 spiro atoms. The minimum absolute atomic E-state index is 0.0171. The number of hydrogen-bond donors (Lipinski definition) is 3. The van der Waals surface area contributed by atoms with Gasteiger partial charge in [0.1, 0.15) is 16.7 Å². The molecule has 1 amide bonds. The lowest BCUT2D eigenvalue weighted by molar-refractivity contribution is -0.156. The van der Waals surface area contributed by atoms with Crippen LogP contribution in [-0.2, 0) is 61.8 Å². The second-order valence-corrected chi connectivity index (χ2v) is 19.3. The third-order valence-electron chi connectivity index (χ3n) is 6.74. The number of aliphatic hydroxyl groups excluding tert-OH is 1. The first-order valence-corrected chi connectivity index (χ1v) is 22.1. The van der Waals surface area contributed by atoms with Crippen LogP contribution in [0.1, 0.15) is 129 Å². The summed E-state index contributed by atoms with van der Waals surface area (Å²) in [7, 11) is 1.00. The Morgan fingerprint density at radius 3 is 1.31 bits per heavy atom. The fraction of sp³-hybridized carbons (Fsp3) is 0.891. The number of allylic oxidation sites excluding steroid dienone is 1. The van der Waals surface area contributed by atoms with Crippen molar-refractivity contribution >= 4 is 17.8 Å². The van der Waals surface area contributed by atoms with Crippen LogP contribution in [0.25, 0.3) is 0 Å². The highest BCUT2D eigenvalue weighted by Gasteiger charge is 2.34. The SMILES string of the molecule is CC(C)(C)C.CC/C=C(\CCOCC(COCCC(=O)OCC(C)(C)C)(COCCC(=O)OC(C)(C)C)NC(=O)CCOCCOCCOCCOCCN)OC(C)(C)C.CO. The predicted molar refractivity (Wildman–Crippen MR) is 243 cm³/mol. The average molecular weight is 897 g/mol. The zero-order valence-corrected chi connectivity index (χ0v) is 41.8. The fourth-order valence-electron chi connectivity index (χ4n) is 4.47. The van der Waals surface area contributed by atoms with Crippen molar-refractivity contribution in [3.05, 3.63) is 11.8 Å². The summed E-state index contributed by atoms with van der Waals surface area (Å²) < 4.78 is 56.8. The first-order chi connectivity index (χ1) is 28.8. The Balaban J connectivity index is -0.00000460. The lowest BCUT2D eigenvalue weighted by atomic mass is 9.99. The summed E-state index contributed by atoms with van der Waals surface area (Å²) in [6.07, 6.45) is 3.43. The normalized spacial score (nSPS) is 13.2. The topological polar surface area (TPSA) is 202 Å². The van der Waals surface area contributed by atoms with Crippen LogP contribution in [0, 0.1) is 10.8 Å². The van der Waals surface area contributed by atoms with E-state index in [1.54, 1.807) is 20.8 Å². The molecule has 16 heteroatoms. The monoisotopic (exact) mass is 897 g/mol. The molecule has 1 atom stereocenters. The number of esters is 2. The van der Waals surface area contributed by atoms with Crippen LogP contribution >= 0.6 is 0 Å². The smallest absolute Gasteiger partial charge is 0.308 e. The van der Waals surface area contributed by atoms with Gasteiger partial charge in [0.05, 0.1) is 118 Å². The molecule has 0 aromatic heterocycles. The molecule has 0 heterocycles. The van der Waals surface area contributed by atoms with Crippen LogP contribution in [0.3, 0.4) is 0 Å². The Hall–Kier alpha value is -2.41. The Morgan fingerprint density at radius 1 is 0.516 bits per heavy atom. The van der Waals surface area contributed by atoms with Gasteiger partial charge < -0.3 is 63.5 Å². The first kappa shape index (κ1) is 63.9. The Kier molecular flexibility index (Phi) is 38.0. The molecule has 0 fully saturated rings. The minimum Gasteiger partial charge on any atom is -0.493 e. The van der Waals surface area contributed by atoms with Crippen LogP contribution in [0.15, 0.2) is 11.8 Å². The van der Waals surface area contributed by atoms with Crippen LogP contribution in [0.4, 0.5) is 0 Å². The van der Waals surface area contributed by atoms with Crippen LogP contribution in [-0.4, -0.2) is 152 Å². The molecule has 0 saturated carbocycles. The number of nitrogens with one attached hydrogen (secondary N) is 1. The average Bonchev–Trinajstić information content (AvgIpc) is 3.13. The second kappa shape index (κ2) is 36.9. The number of aliphatic hydroxyl groups is 1. The summed E-state index contributed by atoms with van der Waals surface area (Å²) in [5.41, 5.74) is 3.55. The minimum atomic E-state index is -1.17. The molecule has 0 saturated heterocycles. The van der Waals surface area contributed by atoms with Gasteiger partial charge in [-0.05, 0) is 64.9 Å². The summed E-state index contributed by atoms with van der Waals surface area (Å²) >= 11 is 0. The number of amides is 1. The molecule has 0 radical (unpaired) electrons. The number of carbonyl (C=O) groups is 3. The van der Waals surface area contributed by atoms with Crippen molar-refractivity contribution in [2.45, 2.75) is 146 Å². The number of rotatable bonds is 33. The van der Waals surface area contributed by atoms with E-state index >= 15 is 0 Å². The fourth-order valence-corrected chi connectivity index (χ4v) is 4.47. The number of hydrogen-bond acceptors (Lipinski definition) is 15. The van der Waals surface area contributed by atoms with Crippen molar-refractivity contribution in [3.63, 3.8) is 0 Å². The van der Waals surface area contributed by atoms with E-state index in [-0.39, 0.29) is 88.4 Å². The molecule has 0 aromatic rings. The van der Waals surface area contributed by atoms with Gasteiger partial charge in [-0.1, -0.05) is 55.4 Å². The van der Waals surface area contributed by atoms with E-state index in [0.29, 0.717) is 71.2 Å². The molecule has 16 nitrogen and oxygen atoms in total. The van der Waals surface area contributed by atoms with Gasteiger partial charge in [0.25, 0.3) is 0 Å². The van der Waals surface area contributed by atoms with E-state index in [0.717, 1.165) is 19.3 Å². The number of carbonyl (C=O) groups excluding carboxylic acids is 3. The molecular weight excluding hydrogens is 805 g/mol. The van der Waals surface area contributed by atoms with E-state index in [1.165, 1.54) is 0 Å². The van der Waals surface area contributed by atoms with Crippen molar-refractivity contribution in [2.24, 2.45) is 16.6 Å². The lowest BCUT2D eigenvalue weighted by Gasteiger charge is -2.34. The summed E-state index contributed by atoms with van der Waals surface area (Å²) in [6, 6.07) is 0. The van der Waals surface area contributed by atoms with Gasteiger partial charge in [0, 0.05) is 26.5 Å². The maximum absolute atomic E-state index is 13.4. The summed E-state index contributed by atoms with van der Waals surface area (Å²) in [5.74, 6) is -0.296. The largest absolute Gasteiger partial charge is 0.493 e. The maximum atomic E-state index is 13.4. The van der Waals surface area contributed by atoms with Crippen molar-refractivity contribution in [2.75, 3.05) is 113 Å². The Morgan fingerprint density at radius 2 is 0.903 bits per heavy atom. The highest BCUT2D eigenvalue weighted by atomic mass is 16.6. The molecule has 370 valence electrons. The third kappa shape index (κ3) is 50.2. The van der Waals surface area contributed by atoms with Crippen molar-refractivity contribution in [1.82, 2.24) is 5.32 Å². The van der Waals surface area contributed by atoms with Crippen molar-refractivity contribution in [3.8, 4) is 0 Å². The van der Waals surface area contributed by atoms with E-state index in [4.69, 9.17) is 58.2 Å². The molecule has 0 aliphatic carbocycles. The lowest BCUT2D eigenvalue weighted by Crippen LogP contribution is -2.59. The number of nitrogens with two attached hydrogens (primary N) is 1. The number of ether oxygens (including phenoxy) is 10. The van der Waals surface area contributed by atoms with Crippen molar-refractivity contribution in [1.29, 1.82) is 0 Å². The zero-order chi connectivity index (χ0) is 48.1. The van der Waals surface area contributed by atoms with Gasteiger partial charge >= 0.3 is 11.9 Å². The van der Waals surface area contributed by atoms with Gasteiger partial charge in [-0.2, -0.15) is 0 Å². The van der Waals surface area contributed by atoms with Crippen LogP contribution < -0.4 is 11.1 Å². The zero-order valence-electron chi connectivity index (χ0n) is 41.8. The molecule has 0 aromatic carbocycles. The molecule has 0 aliphatic rings. The second-order valence-electron chi connectivity index (χ2n) is 19.3. The van der Waals surface area contributed by atoms with E-state index in [2.05, 4.69) is 33.0 Å². The van der Waals surface area contributed by atoms with Gasteiger partial charge in [-0.15, -0.1) is 0 Å². The van der Waals surface area contributed by atoms with Gasteiger partial charge in [-0.25, -0.2) is 0 Å². The summed E-state index contributed by atoms with van der Waals surface area (Å²) in [5, 5.41) is 10.0. The van der Waals surface area contributed by atoms with Gasteiger partial charge in [0.2, 0.25) is 5.91 Å². The van der Waals surface area contributed by atoms with Gasteiger partial charge in [-0.3, -0.25) is 14.4 Å². The van der Waals surface area contributed by atoms with Crippen LogP contribution in [0.2, 0.25) is 0 Å². The highest BCUT2D eigenvalue weighted by molar-refractivity contribution is 5.77. The molecule has 62 heavy (non-hydrogen) atoms. The summed E-state index contributed by atoms with van der Waals surface area (Å²) in [4.78, 5) is 38.1. The molecule has 0 aliphatic heterocycles. The Bertz CT molecular complexity index is 1130. The van der Waals surface area contributed by atoms with Crippen molar-refractivity contribution < 1.29 is 66.9 Å². The van der Waals surface area contributed by atoms with E-state index < -0.39 is 17.1 Å². The molecule has 0 bridgehead atoms. The quantitative estimate of drug-likeness (QED) is 0.0383. The van der Waals surface area contributed by atoms with Gasteiger partial charge in [0.15, 0.2) is 0 Å². The molecule has 1 unspecified atom stereocenters. The summed E-state index contributed by atoms with van der Waals surface area (Å²) in [6.45, 7) is 32.2. The predicted octanol–water partition coefficient (Wildman–Crippen LogP) is 6.18. The molecular formula is C46H92N2O14. The Labute approximate surface area is 376 Å². The maximum Gasteiger partial charge on any atom is 0.308 e. The molecule has 0 rings (SSSR count). The highest BCUT2D eigenvalue weighted by Crippen LogP contribution is 2.19. The first-order valence-electron chi connectivity index (χ1n) is 22.1. The van der Waals surface area contributed by atoms with E-state index in [9.17, 15) is 14.4 Å². The standard InChI is InChI=1S/C40H76N2O13.C5H12.CH4O/c1-11-12-33(54-38(5,6)7)13-18-50-30-40(32-52-21-16-36(45)55-39(8,9)10,31-51-20-15-35(44)53-29-37(2,3)4)42-34(43)14-19-46-23-25-48-27-28-49-26-24-47-22-17-41;1-5(2,3)4;1-2/h12H,11,13-32,41H2,1-10H3,(H,42,43);1-4H3;2H,1H3/b33-12+;;. The third-order valence-corrected chi connectivity index (χ3v) is 6.74. The van der Waals surface area contributed by atoms with Crippen LogP contribution in [0.5, 0.6) is 0 Å².